The van der Waals surface area contributed by atoms with Gasteiger partial charge in [-0.3, -0.25) is 38.9 Å². The van der Waals surface area contributed by atoms with Gasteiger partial charge in [0, 0.05) is 20.0 Å². The van der Waals surface area contributed by atoms with Crippen molar-refractivity contribution in [3.05, 3.63) is 35.9 Å². The summed E-state index contributed by atoms with van der Waals surface area (Å²) in [4.78, 5) is 88.1. The molecular formula is C42H62N6O8S2. The lowest BCUT2D eigenvalue weighted by Crippen LogP contribution is -2.55. The van der Waals surface area contributed by atoms with Crippen molar-refractivity contribution >= 4 is 58.8 Å². The summed E-state index contributed by atoms with van der Waals surface area (Å²) in [6.45, 7) is 1.97. The Balaban J connectivity index is 1.09. The van der Waals surface area contributed by atoms with Gasteiger partial charge in [0.25, 0.3) is 11.8 Å². The zero-order valence-corrected chi connectivity index (χ0v) is 35.8. The molecule has 0 bridgehead atoms. The van der Waals surface area contributed by atoms with Crippen molar-refractivity contribution in [3.63, 3.8) is 0 Å². The zero-order valence-electron chi connectivity index (χ0n) is 34.2. The van der Waals surface area contributed by atoms with Gasteiger partial charge in [-0.25, -0.2) is 5.06 Å². The number of carbonyl (C=O) groups is 6. The number of likely N-dealkylation sites (N-methyl/N-ethyl adjacent to an activating group) is 1. The summed E-state index contributed by atoms with van der Waals surface area (Å²) in [5.41, 5.74) is 0.529. The number of likely N-dealkylation sites (tertiary alicyclic amines) is 1. The van der Waals surface area contributed by atoms with Crippen molar-refractivity contribution in [2.45, 2.75) is 137 Å². The highest BCUT2D eigenvalue weighted by molar-refractivity contribution is 8.18. The molecule has 3 aliphatic heterocycles. The molecule has 5 fully saturated rings. The zero-order chi connectivity index (χ0) is 41.2. The maximum Gasteiger partial charge on any atom is 0.289 e. The Bertz CT molecular complexity index is 1600. The van der Waals surface area contributed by atoms with E-state index in [2.05, 4.69) is 21.3 Å². The Morgan fingerprint density at radius 1 is 0.931 bits per heavy atom. The van der Waals surface area contributed by atoms with E-state index in [0.29, 0.717) is 37.3 Å². The molecule has 5 aliphatic rings. The Morgan fingerprint density at radius 3 is 2.29 bits per heavy atom. The normalized spacial score (nSPS) is 24.7. The Labute approximate surface area is 351 Å². The Hall–Kier alpha value is -3.18. The van der Waals surface area contributed by atoms with Crippen LogP contribution < -0.4 is 21.3 Å². The van der Waals surface area contributed by atoms with Crippen LogP contribution in [0.5, 0.6) is 0 Å². The predicted molar refractivity (Wildman–Crippen MR) is 223 cm³/mol. The van der Waals surface area contributed by atoms with Crippen LogP contribution >= 0.6 is 23.5 Å². The second-order valence-electron chi connectivity index (χ2n) is 16.5. The number of Topliss-reactive ketones (excluding diaryl/α,β-unsaturated/α-hetero) is 1. The summed E-state index contributed by atoms with van der Waals surface area (Å²) in [6.07, 6.45) is 11.9. The summed E-state index contributed by atoms with van der Waals surface area (Å²) in [7, 11) is 2.77. The number of amides is 5. The number of hydroxylamine groups is 2. The number of hydrogen-bond donors (Lipinski definition) is 4. The first-order valence-corrected chi connectivity index (χ1v) is 23.3. The summed E-state index contributed by atoms with van der Waals surface area (Å²) < 4.78 is 6.08. The molecule has 14 nitrogen and oxygen atoms in total. The molecule has 4 N–H and O–H groups in total. The van der Waals surface area contributed by atoms with E-state index in [1.54, 1.807) is 30.3 Å². The SMILES string of the molecule is CCCC(N[C@H]1OC1[C@@H]1CC2(CN1C(=O)[C@@H](NC(=O)CC1CCCC1)C1CCCCC1)SCCCS2)C(=O)C(=O)NCC(=O)NC(C(=O)N(C)OC)c1ccccc1. The first-order valence-electron chi connectivity index (χ1n) is 21.3. The van der Waals surface area contributed by atoms with Crippen LogP contribution in [-0.4, -0.2) is 119 Å². The van der Waals surface area contributed by atoms with Crippen molar-refractivity contribution in [2.24, 2.45) is 11.8 Å². The second kappa shape index (κ2) is 20.9. The number of rotatable bonds is 18. The fraction of sp³-hybridized carbons (Fsp3) is 0.714. The van der Waals surface area contributed by atoms with Crippen molar-refractivity contribution < 1.29 is 38.3 Å². The molecule has 16 heteroatoms. The fourth-order valence-electron chi connectivity index (χ4n) is 9.12. The van der Waals surface area contributed by atoms with Gasteiger partial charge in [0.2, 0.25) is 23.5 Å². The van der Waals surface area contributed by atoms with Gasteiger partial charge >= 0.3 is 0 Å². The van der Waals surface area contributed by atoms with Crippen LogP contribution in [0.1, 0.15) is 108 Å². The van der Waals surface area contributed by atoms with Crippen LogP contribution in [0.4, 0.5) is 0 Å². The molecule has 1 aromatic rings. The molecule has 6 atom stereocenters. The highest BCUT2D eigenvalue weighted by Crippen LogP contribution is 2.53. The van der Waals surface area contributed by atoms with Crippen molar-refractivity contribution in [1.82, 2.24) is 31.2 Å². The predicted octanol–water partition coefficient (Wildman–Crippen LogP) is 3.84. The quantitative estimate of drug-likeness (QED) is 0.0960. The maximum absolute atomic E-state index is 14.8. The molecule has 2 aliphatic carbocycles. The van der Waals surface area contributed by atoms with Crippen LogP contribution in [0, 0.1) is 11.8 Å². The molecule has 0 radical (unpaired) electrons. The topological polar surface area (TPSA) is 179 Å². The van der Waals surface area contributed by atoms with Crippen molar-refractivity contribution in [2.75, 3.05) is 38.8 Å². The minimum atomic E-state index is -1.07. The number of epoxide rings is 1. The van der Waals surface area contributed by atoms with Gasteiger partial charge in [-0.05, 0) is 73.9 Å². The first-order chi connectivity index (χ1) is 28.0. The van der Waals surface area contributed by atoms with E-state index in [0.717, 1.165) is 87.2 Å². The molecule has 2 saturated carbocycles. The highest BCUT2D eigenvalue weighted by Gasteiger charge is 2.58. The number of nitrogens with zero attached hydrogens (tertiary/aromatic N) is 2. The van der Waals surface area contributed by atoms with E-state index in [4.69, 9.17) is 9.57 Å². The van der Waals surface area contributed by atoms with Crippen LogP contribution in [0.15, 0.2) is 30.3 Å². The number of benzene rings is 1. The van der Waals surface area contributed by atoms with Gasteiger partial charge in [-0.2, -0.15) is 0 Å². The van der Waals surface area contributed by atoms with Gasteiger partial charge < -0.3 is 25.6 Å². The summed E-state index contributed by atoms with van der Waals surface area (Å²) in [5, 5.41) is 12.6. The number of ether oxygens (including phenoxy) is 1. The molecule has 58 heavy (non-hydrogen) atoms. The van der Waals surface area contributed by atoms with Gasteiger partial charge in [0.1, 0.15) is 24.4 Å². The van der Waals surface area contributed by atoms with E-state index >= 15 is 0 Å². The third-order valence-electron chi connectivity index (χ3n) is 12.4. The average Bonchev–Trinajstić information content (AvgIpc) is 3.62. The van der Waals surface area contributed by atoms with Gasteiger partial charge in [0.15, 0.2) is 0 Å². The van der Waals surface area contributed by atoms with E-state index < -0.39 is 54.4 Å². The van der Waals surface area contributed by atoms with Crippen LogP contribution in [0.3, 0.4) is 0 Å². The summed E-state index contributed by atoms with van der Waals surface area (Å²) in [6, 6.07) is 5.89. The maximum atomic E-state index is 14.8. The lowest BCUT2D eigenvalue weighted by Gasteiger charge is -2.36. The molecule has 1 aromatic carbocycles. The van der Waals surface area contributed by atoms with Crippen LogP contribution in [0.2, 0.25) is 0 Å². The largest absolute Gasteiger partial charge is 0.351 e. The highest BCUT2D eigenvalue weighted by atomic mass is 32.2. The molecule has 1 spiro atoms. The molecule has 5 amide bonds. The number of carbonyl (C=O) groups excluding carboxylic acids is 6. The summed E-state index contributed by atoms with van der Waals surface area (Å²) >= 11 is 3.82. The molecule has 0 aromatic heterocycles. The first kappa shape index (κ1) is 44.4. The molecule has 320 valence electrons. The summed E-state index contributed by atoms with van der Waals surface area (Å²) in [5.74, 6) is -0.356. The van der Waals surface area contributed by atoms with E-state index in [-0.39, 0.29) is 34.0 Å². The minimum absolute atomic E-state index is 0.0233. The van der Waals surface area contributed by atoms with Crippen molar-refractivity contribution in [1.29, 1.82) is 0 Å². The number of ketones is 1. The lowest BCUT2D eigenvalue weighted by molar-refractivity contribution is -0.171. The van der Waals surface area contributed by atoms with E-state index in [1.165, 1.54) is 14.2 Å². The number of hydrogen-bond acceptors (Lipinski definition) is 11. The van der Waals surface area contributed by atoms with Crippen LogP contribution in [-0.2, 0) is 38.3 Å². The molecular weight excluding hydrogens is 781 g/mol. The fourth-order valence-corrected chi connectivity index (χ4v) is 12.5. The lowest BCUT2D eigenvalue weighted by atomic mass is 9.83. The van der Waals surface area contributed by atoms with Crippen LogP contribution in [0.25, 0.3) is 0 Å². The molecule has 3 heterocycles. The number of nitrogens with one attached hydrogen (secondary N) is 4. The molecule has 6 rings (SSSR count). The van der Waals surface area contributed by atoms with E-state index in [9.17, 15) is 28.8 Å². The smallest absolute Gasteiger partial charge is 0.289 e. The minimum Gasteiger partial charge on any atom is -0.351 e. The van der Waals surface area contributed by atoms with E-state index in [1.807, 2.05) is 35.3 Å². The molecule has 3 unspecified atom stereocenters. The standard InChI is InChI=1S/C42H62N6O8S2/c1-4-14-30(36(51)38(52)43-25-33(50)46-34(40(53)47(2)55-3)28-17-7-5-8-18-28)44-39-37(56-39)31-24-42(57-21-13-22-58-42)26-48(31)41(54)35(29-19-9-6-10-20-29)45-32(49)23-27-15-11-12-16-27/h5,7-8,17-18,27,29-31,34-35,37,39,44H,4,6,9-16,19-26H2,1-3H3,(H,43,52)(H,45,49)(H,46,50)/t30?,31-,34?,35-,37?,39-/m0/s1. The number of thioether (sulfide) groups is 2. The van der Waals surface area contributed by atoms with Gasteiger partial charge in [-0.15, -0.1) is 23.5 Å². The molecule has 3 saturated heterocycles. The Morgan fingerprint density at radius 2 is 1.62 bits per heavy atom. The monoisotopic (exact) mass is 842 g/mol. The second-order valence-corrected chi connectivity index (χ2v) is 19.7. The third kappa shape index (κ3) is 11.3. The van der Waals surface area contributed by atoms with Crippen molar-refractivity contribution in [3.8, 4) is 0 Å². The third-order valence-corrected chi connectivity index (χ3v) is 15.7. The average molecular weight is 843 g/mol. The van der Waals surface area contributed by atoms with Gasteiger partial charge in [0.05, 0.1) is 29.8 Å². The van der Waals surface area contributed by atoms with Gasteiger partial charge in [-0.1, -0.05) is 75.8 Å². The Kier molecular flexibility index (Phi) is 16.0.